The van der Waals surface area contributed by atoms with Crippen molar-refractivity contribution in [2.45, 2.75) is 26.3 Å². The topological polar surface area (TPSA) is 84.5 Å². The van der Waals surface area contributed by atoms with Crippen LogP contribution in [0, 0.1) is 0 Å². The van der Waals surface area contributed by atoms with Crippen molar-refractivity contribution in [2.75, 3.05) is 6.61 Å². The number of esters is 1. The van der Waals surface area contributed by atoms with Crippen molar-refractivity contribution in [3.63, 3.8) is 0 Å². The third kappa shape index (κ3) is 5.57. The van der Waals surface area contributed by atoms with Crippen molar-refractivity contribution in [3.05, 3.63) is 40.2 Å². The molecule has 0 fully saturated rings. The van der Waals surface area contributed by atoms with Crippen molar-refractivity contribution in [1.29, 1.82) is 0 Å². The standard InChI is InChI=1S/C18H19ClN2O4S/c1-3-11(2)20-18(24)21-15(22)10-25-16(23)9-8-14-17(19)12-6-4-5-7-13(12)26-14/h4-9,11H,3,10H2,1-2H3,(H2,20,21,22,24)/b9-8+/t11-/m0/s1. The largest absolute Gasteiger partial charge is 0.452 e. The third-order valence-corrected chi connectivity index (χ3v) is 5.17. The maximum atomic E-state index is 11.7. The summed E-state index contributed by atoms with van der Waals surface area (Å²) in [7, 11) is 0. The average molecular weight is 395 g/mol. The summed E-state index contributed by atoms with van der Waals surface area (Å²) in [5.74, 6) is -1.40. The minimum atomic E-state index is -0.701. The normalized spacial score (nSPS) is 12.1. The summed E-state index contributed by atoms with van der Waals surface area (Å²) in [5, 5.41) is 6.15. The van der Waals surface area contributed by atoms with Gasteiger partial charge in [-0.2, -0.15) is 0 Å². The highest BCUT2D eigenvalue weighted by molar-refractivity contribution is 7.20. The van der Waals surface area contributed by atoms with Crippen molar-refractivity contribution in [3.8, 4) is 0 Å². The summed E-state index contributed by atoms with van der Waals surface area (Å²) < 4.78 is 5.83. The predicted molar refractivity (Wildman–Crippen MR) is 103 cm³/mol. The van der Waals surface area contributed by atoms with Crippen molar-refractivity contribution >= 4 is 57.0 Å². The fourth-order valence-corrected chi connectivity index (χ4v) is 3.39. The van der Waals surface area contributed by atoms with Gasteiger partial charge in [0, 0.05) is 27.1 Å². The van der Waals surface area contributed by atoms with Crippen LogP contribution in [-0.2, 0) is 14.3 Å². The summed E-state index contributed by atoms with van der Waals surface area (Å²) in [6, 6.07) is 6.97. The van der Waals surface area contributed by atoms with E-state index in [0.29, 0.717) is 5.02 Å². The summed E-state index contributed by atoms with van der Waals surface area (Å²) in [6.45, 7) is 3.18. The predicted octanol–water partition coefficient (Wildman–Crippen LogP) is 3.74. The molecule has 0 saturated heterocycles. The number of hydrogen-bond acceptors (Lipinski definition) is 5. The zero-order valence-electron chi connectivity index (χ0n) is 14.4. The van der Waals surface area contributed by atoms with Crippen LogP contribution in [-0.4, -0.2) is 30.6 Å². The van der Waals surface area contributed by atoms with E-state index in [-0.39, 0.29) is 6.04 Å². The fourth-order valence-electron chi connectivity index (χ4n) is 1.99. The quantitative estimate of drug-likeness (QED) is 0.577. The maximum Gasteiger partial charge on any atom is 0.331 e. The Bertz CT molecular complexity index is 847. The van der Waals surface area contributed by atoms with Crippen LogP contribution in [0.5, 0.6) is 0 Å². The van der Waals surface area contributed by atoms with Crippen LogP contribution in [0.3, 0.4) is 0 Å². The van der Waals surface area contributed by atoms with E-state index in [2.05, 4.69) is 10.6 Å². The molecule has 26 heavy (non-hydrogen) atoms. The van der Waals surface area contributed by atoms with Gasteiger partial charge in [-0.05, 0) is 25.5 Å². The maximum absolute atomic E-state index is 11.7. The van der Waals surface area contributed by atoms with Crippen molar-refractivity contribution in [1.82, 2.24) is 10.6 Å². The van der Waals surface area contributed by atoms with E-state index in [9.17, 15) is 14.4 Å². The molecule has 1 aromatic heterocycles. The molecule has 2 N–H and O–H groups in total. The molecular weight excluding hydrogens is 376 g/mol. The molecule has 138 valence electrons. The molecule has 8 heteroatoms. The first kappa shape index (κ1) is 19.9. The van der Waals surface area contributed by atoms with E-state index in [1.165, 1.54) is 17.4 Å². The minimum absolute atomic E-state index is 0.0562. The Hall–Kier alpha value is -2.38. The number of carbonyl (C=O) groups is 3. The van der Waals surface area contributed by atoms with E-state index in [0.717, 1.165) is 21.4 Å². The molecule has 0 saturated carbocycles. The van der Waals surface area contributed by atoms with Gasteiger partial charge < -0.3 is 10.1 Å². The van der Waals surface area contributed by atoms with Gasteiger partial charge in [0.15, 0.2) is 6.61 Å². The lowest BCUT2D eigenvalue weighted by atomic mass is 10.2. The number of thiophene rings is 1. The molecule has 0 aliphatic rings. The van der Waals surface area contributed by atoms with Crippen molar-refractivity contribution < 1.29 is 19.1 Å². The van der Waals surface area contributed by atoms with Crippen LogP contribution in [0.4, 0.5) is 4.79 Å². The first-order valence-corrected chi connectivity index (χ1v) is 9.22. The first-order valence-electron chi connectivity index (χ1n) is 8.03. The smallest absolute Gasteiger partial charge is 0.331 e. The van der Waals surface area contributed by atoms with E-state index in [1.54, 1.807) is 6.08 Å². The lowest BCUT2D eigenvalue weighted by Crippen LogP contribution is -2.44. The molecule has 3 amide bonds. The van der Waals surface area contributed by atoms with Gasteiger partial charge in [-0.25, -0.2) is 9.59 Å². The Morgan fingerprint density at radius 3 is 2.73 bits per heavy atom. The number of rotatable bonds is 6. The van der Waals surface area contributed by atoms with Gasteiger partial charge in [0.2, 0.25) is 0 Å². The lowest BCUT2D eigenvalue weighted by molar-refractivity contribution is -0.143. The lowest BCUT2D eigenvalue weighted by Gasteiger charge is -2.11. The molecule has 0 unspecified atom stereocenters. The third-order valence-electron chi connectivity index (χ3n) is 3.52. The molecule has 0 radical (unpaired) electrons. The van der Waals surface area contributed by atoms with E-state index < -0.39 is 24.5 Å². The zero-order chi connectivity index (χ0) is 19.1. The minimum Gasteiger partial charge on any atom is -0.452 e. The van der Waals surface area contributed by atoms with Gasteiger partial charge in [-0.15, -0.1) is 11.3 Å². The van der Waals surface area contributed by atoms with Gasteiger partial charge >= 0.3 is 12.0 Å². The van der Waals surface area contributed by atoms with E-state index >= 15 is 0 Å². The van der Waals surface area contributed by atoms with Gasteiger partial charge in [0.25, 0.3) is 5.91 Å². The highest BCUT2D eigenvalue weighted by Gasteiger charge is 2.12. The Morgan fingerprint density at radius 1 is 1.31 bits per heavy atom. The number of urea groups is 1. The van der Waals surface area contributed by atoms with E-state index in [1.807, 2.05) is 38.1 Å². The molecule has 0 aliphatic heterocycles. The number of ether oxygens (including phenoxy) is 1. The summed E-state index contributed by atoms with van der Waals surface area (Å²) in [4.78, 5) is 35.5. The van der Waals surface area contributed by atoms with Crippen LogP contribution in [0.15, 0.2) is 30.3 Å². The molecule has 6 nitrogen and oxygen atoms in total. The average Bonchev–Trinajstić information content (AvgIpc) is 2.94. The second kappa shape index (κ2) is 9.35. The van der Waals surface area contributed by atoms with Crippen LogP contribution in [0.1, 0.15) is 25.1 Å². The molecule has 0 bridgehead atoms. The monoisotopic (exact) mass is 394 g/mol. The number of amides is 3. The Labute approximate surface area is 160 Å². The molecule has 0 spiro atoms. The Kier molecular flexibility index (Phi) is 7.17. The first-order chi connectivity index (χ1) is 12.4. The molecule has 2 rings (SSSR count). The SMILES string of the molecule is CC[C@H](C)NC(=O)NC(=O)COC(=O)/C=C/c1sc2ccccc2c1Cl. The number of halogens is 1. The number of fused-ring (bicyclic) bond motifs is 1. The van der Waals surface area contributed by atoms with Crippen LogP contribution < -0.4 is 10.6 Å². The number of hydrogen-bond donors (Lipinski definition) is 2. The highest BCUT2D eigenvalue weighted by atomic mass is 35.5. The molecule has 1 aromatic carbocycles. The number of imide groups is 1. The molecule has 2 aromatic rings. The zero-order valence-corrected chi connectivity index (χ0v) is 15.9. The Balaban J connectivity index is 1.84. The molecule has 1 heterocycles. The van der Waals surface area contributed by atoms with E-state index in [4.69, 9.17) is 16.3 Å². The van der Waals surface area contributed by atoms with Crippen LogP contribution in [0.25, 0.3) is 16.2 Å². The van der Waals surface area contributed by atoms with Crippen LogP contribution >= 0.6 is 22.9 Å². The molecule has 1 atom stereocenters. The fraction of sp³-hybridized carbons (Fsp3) is 0.278. The summed E-state index contributed by atoms with van der Waals surface area (Å²) in [5.41, 5.74) is 0. The molecular formula is C18H19ClN2O4S. The van der Waals surface area contributed by atoms with Gasteiger partial charge in [-0.1, -0.05) is 36.7 Å². The van der Waals surface area contributed by atoms with Gasteiger partial charge in [0.1, 0.15) is 0 Å². The van der Waals surface area contributed by atoms with Gasteiger partial charge in [-0.3, -0.25) is 10.1 Å². The second-order valence-corrected chi connectivity index (χ2v) is 7.01. The number of carbonyl (C=O) groups excluding carboxylic acids is 3. The van der Waals surface area contributed by atoms with Gasteiger partial charge in [0.05, 0.1) is 5.02 Å². The van der Waals surface area contributed by atoms with Crippen LogP contribution in [0.2, 0.25) is 5.02 Å². The van der Waals surface area contributed by atoms with Crippen molar-refractivity contribution in [2.24, 2.45) is 0 Å². The number of nitrogens with one attached hydrogen (secondary N) is 2. The summed E-state index contributed by atoms with van der Waals surface area (Å²) in [6.07, 6.45) is 3.48. The number of benzene rings is 1. The summed E-state index contributed by atoms with van der Waals surface area (Å²) >= 11 is 7.72. The second-order valence-electron chi connectivity index (χ2n) is 5.55. The Morgan fingerprint density at radius 2 is 2.04 bits per heavy atom. The highest BCUT2D eigenvalue weighted by Crippen LogP contribution is 2.35. The molecule has 0 aliphatic carbocycles.